The van der Waals surface area contributed by atoms with Gasteiger partial charge in [0.1, 0.15) is 7.85 Å². The lowest BCUT2D eigenvalue weighted by Gasteiger charge is -1.99. The lowest BCUT2D eigenvalue weighted by atomic mass is 9.94. The molecule has 1 aromatic rings. The van der Waals surface area contributed by atoms with Crippen molar-refractivity contribution in [3.63, 3.8) is 0 Å². The quantitative estimate of drug-likeness (QED) is 0.439. The second kappa shape index (κ2) is 2.57. The highest BCUT2D eigenvalue weighted by atomic mass is 14.0. The highest BCUT2D eigenvalue weighted by Crippen LogP contribution is 1.93. The Morgan fingerprint density at radius 1 is 1.00 bits per heavy atom. The summed E-state index contributed by atoms with van der Waals surface area (Å²) in [5, 5.41) is 2.61. The van der Waals surface area contributed by atoms with Gasteiger partial charge in [-0.3, -0.25) is 0 Å². The van der Waals surface area contributed by atoms with Gasteiger partial charge in [-0.05, 0) is 23.3 Å². The maximum absolute atomic E-state index is 5.65. The van der Waals surface area contributed by atoms with Crippen LogP contribution in [0, 0.1) is 0 Å². The van der Waals surface area contributed by atoms with Crippen LogP contribution in [0.5, 0.6) is 0 Å². The van der Waals surface area contributed by atoms with Crippen molar-refractivity contribution < 1.29 is 0 Å². The molecule has 11 heavy (non-hydrogen) atoms. The van der Waals surface area contributed by atoms with Crippen LogP contribution in [-0.2, 0) is 0 Å². The molecule has 0 atom stereocenters. The number of benzene rings is 1. The van der Waals surface area contributed by atoms with Crippen molar-refractivity contribution in [1.82, 2.24) is 0 Å². The van der Waals surface area contributed by atoms with E-state index in [1.54, 1.807) is 0 Å². The van der Waals surface area contributed by atoms with Crippen molar-refractivity contribution in [2.75, 3.05) is 0 Å². The molecule has 1 heteroatoms. The summed E-state index contributed by atoms with van der Waals surface area (Å²) >= 11 is 0. The molecule has 0 unspecified atom stereocenters. The van der Waals surface area contributed by atoms with Crippen molar-refractivity contribution in [2.45, 2.75) is 12.8 Å². The average molecular weight is 140 g/mol. The molecule has 0 N–H and O–H groups in total. The van der Waals surface area contributed by atoms with E-state index in [1.807, 2.05) is 12.1 Å². The number of hydrogen-bond acceptors (Lipinski definition) is 0. The zero-order valence-electron chi connectivity index (χ0n) is 6.38. The molecule has 0 amide bonds. The van der Waals surface area contributed by atoms with Crippen LogP contribution >= 0.6 is 0 Å². The third kappa shape index (κ3) is 1.23. The molecule has 0 saturated carbocycles. The van der Waals surface area contributed by atoms with E-state index in [2.05, 4.69) is 18.2 Å². The maximum Gasteiger partial charge on any atom is 0.113 e. The molecule has 0 heterocycles. The minimum absolute atomic E-state index is 0.857. The van der Waals surface area contributed by atoms with Crippen molar-refractivity contribution in [3.8, 4) is 0 Å². The summed E-state index contributed by atoms with van der Waals surface area (Å²) in [6.45, 7) is 0. The molecule has 0 spiro atoms. The van der Waals surface area contributed by atoms with E-state index >= 15 is 0 Å². The summed E-state index contributed by atoms with van der Waals surface area (Å²) in [6.07, 6.45) is 6.81. The van der Waals surface area contributed by atoms with E-state index in [4.69, 9.17) is 7.85 Å². The van der Waals surface area contributed by atoms with Gasteiger partial charge >= 0.3 is 0 Å². The Morgan fingerprint density at radius 3 is 2.55 bits per heavy atom. The van der Waals surface area contributed by atoms with Gasteiger partial charge in [-0.15, -0.1) is 0 Å². The van der Waals surface area contributed by atoms with Gasteiger partial charge in [0.15, 0.2) is 0 Å². The summed E-state index contributed by atoms with van der Waals surface area (Å²) in [4.78, 5) is 0. The predicted octanol–water partition coefficient (Wildman–Crippen LogP) is -0.165. The van der Waals surface area contributed by atoms with E-state index in [9.17, 15) is 0 Å². The van der Waals surface area contributed by atoms with Gasteiger partial charge in [-0.25, -0.2) is 0 Å². The Kier molecular flexibility index (Phi) is 1.57. The molecule has 52 valence electrons. The van der Waals surface area contributed by atoms with Crippen LogP contribution in [0.1, 0.15) is 12.8 Å². The van der Waals surface area contributed by atoms with E-state index < -0.39 is 0 Å². The second-order valence-electron chi connectivity index (χ2n) is 2.87. The summed E-state index contributed by atoms with van der Waals surface area (Å²) < 4.78 is 0. The molecule has 1 aliphatic rings. The van der Waals surface area contributed by atoms with Crippen LogP contribution in [0.2, 0.25) is 0 Å². The SMILES string of the molecule is [B]c1ccc2c(c1)=CCCC=2. The van der Waals surface area contributed by atoms with E-state index in [0.717, 1.165) is 18.3 Å². The minimum Gasteiger partial charge on any atom is -0.0961 e. The van der Waals surface area contributed by atoms with E-state index in [0.29, 0.717) is 0 Å². The zero-order chi connectivity index (χ0) is 7.68. The van der Waals surface area contributed by atoms with Gasteiger partial charge in [0.25, 0.3) is 0 Å². The fourth-order valence-electron chi connectivity index (χ4n) is 1.43. The monoisotopic (exact) mass is 140 g/mol. The molecule has 0 saturated heterocycles. The van der Waals surface area contributed by atoms with Crippen molar-refractivity contribution in [3.05, 3.63) is 28.6 Å². The Bertz CT molecular complexity index is 376. The standard InChI is InChI=1S/C10H9B/c11-10-6-5-8-3-1-2-4-9(8)7-10/h3-7H,1-2H2. The van der Waals surface area contributed by atoms with Crippen LogP contribution in [-0.4, -0.2) is 7.85 Å². The Balaban J connectivity index is 2.80. The van der Waals surface area contributed by atoms with Crippen LogP contribution in [0.4, 0.5) is 0 Å². The maximum atomic E-state index is 5.65. The number of hydrogen-bond donors (Lipinski definition) is 0. The van der Waals surface area contributed by atoms with E-state index in [1.165, 1.54) is 10.4 Å². The summed E-state index contributed by atoms with van der Waals surface area (Å²) in [5.74, 6) is 0. The van der Waals surface area contributed by atoms with Crippen molar-refractivity contribution in [2.24, 2.45) is 0 Å². The first-order valence-electron chi connectivity index (χ1n) is 3.92. The molecule has 0 bridgehead atoms. The minimum atomic E-state index is 0.857. The van der Waals surface area contributed by atoms with Crippen LogP contribution in [0.3, 0.4) is 0 Å². The molecule has 2 rings (SSSR count). The lowest BCUT2D eigenvalue weighted by Crippen LogP contribution is -2.30. The molecular weight excluding hydrogens is 131 g/mol. The van der Waals surface area contributed by atoms with Gasteiger partial charge in [0, 0.05) is 0 Å². The van der Waals surface area contributed by atoms with Crippen LogP contribution in [0.15, 0.2) is 18.2 Å². The summed E-state index contributed by atoms with van der Waals surface area (Å²) in [7, 11) is 5.65. The van der Waals surface area contributed by atoms with E-state index in [-0.39, 0.29) is 0 Å². The molecule has 0 nitrogen and oxygen atoms in total. The normalized spacial score (nSPS) is 14.5. The van der Waals surface area contributed by atoms with Crippen LogP contribution < -0.4 is 15.9 Å². The highest BCUT2D eigenvalue weighted by Gasteiger charge is 1.91. The fraction of sp³-hybridized carbons (Fsp3) is 0.200. The molecule has 0 fully saturated rings. The van der Waals surface area contributed by atoms with Gasteiger partial charge in [-0.1, -0.05) is 35.8 Å². The van der Waals surface area contributed by atoms with Crippen molar-refractivity contribution in [1.29, 1.82) is 0 Å². The first-order chi connectivity index (χ1) is 5.36. The summed E-state index contributed by atoms with van der Waals surface area (Å²) in [6, 6.07) is 6.07. The first-order valence-corrected chi connectivity index (χ1v) is 3.92. The van der Waals surface area contributed by atoms with Gasteiger partial charge < -0.3 is 0 Å². The third-order valence-corrected chi connectivity index (χ3v) is 2.01. The molecule has 0 aromatic heterocycles. The highest BCUT2D eigenvalue weighted by molar-refractivity contribution is 6.32. The Labute approximate surface area is 67.7 Å². The zero-order valence-corrected chi connectivity index (χ0v) is 6.38. The van der Waals surface area contributed by atoms with Gasteiger partial charge in [-0.2, -0.15) is 0 Å². The van der Waals surface area contributed by atoms with Gasteiger partial charge in [0.2, 0.25) is 0 Å². The topological polar surface area (TPSA) is 0 Å². The van der Waals surface area contributed by atoms with Crippen molar-refractivity contribution >= 4 is 25.5 Å². The number of fused-ring (bicyclic) bond motifs is 1. The lowest BCUT2D eigenvalue weighted by molar-refractivity contribution is 1.12. The molecule has 2 radical (unpaired) electrons. The molecular formula is C10H9B. The summed E-state index contributed by atoms with van der Waals surface area (Å²) in [5.41, 5.74) is 0.857. The smallest absolute Gasteiger partial charge is 0.0961 e. The Morgan fingerprint density at radius 2 is 1.73 bits per heavy atom. The second-order valence-corrected chi connectivity index (χ2v) is 2.87. The molecule has 1 aliphatic carbocycles. The molecule has 0 aliphatic heterocycles. The first kappa shape index (κ1) is 6.72. The predicted molar refractivity (Wildman–Crippen MR) is 49.2 cm³/mol. The van der Waals surface area contributed by atoms with Gasteiger partial charge in [0.05, 0.1) is 0 Å². The third-order valence-electron chi connectivity index (χ3n) is 2.01. The molecule has 1 aromatic carbocycles. The Hall–Kier alpha value is -0.975. The largest absolute Gasteiger partial charge is 0.113 e. The number of rotatable bonds is 0. The van der Waals surface area contributed by atoms with Crippen LogP contribution in [0.25, 0.3) is 12.2 Å². The fourth-order valence-corrected chi connectivity index (χ4v) is 1.43. The average Bonchev–Trinajstić information content (AvgIpc) is 2.04.